The summed E-state index contributed by atoms with van der Waals surface area (Å²) in [7, 11) is 0. The van der Waals surface area contributed by atoms with E-state index < -0.39 is 11.6 Å². The van der Waals surface area contributed by atoms with E-state index in [1.54, 1.807) is 24.3 Å². The Morgan fingerprint density at radius 3 is 2.70 bits per heavy atom. The molecule has 1 amide bonds. The zero-order valence-electron chi connectivity index (χ0n) is 14.7. The molecular weight excluding hydrogens is 354 g/mol. The van der Waals surface area contributed by atoms with Crippen LogP contribution in [0.15, 0.2) is 36.4 Å². The van der Waals surface area contributed by atoms with Gasteiger partial charge in [-0.3, -0.25) is 9.69 Å². The molecule has 0 aromatic heterocycles. The second-order valence-electron chi connectivity index (χ2n) is 6.81. The van der Waals surface area contributed by atoms with Crippen LogP contribution in [0.4, 0.5) is 8.78 Å². The zero-order valence-corrected chi connectivity index (χ0v) is 14.7. The van der Waals surface area contributed by atoms with Crippen molar-refractivity contribution in [2.45, 2.75) is 25.4 Å². The zero-order chi connectivity index (χ0) is 18.8. The van der Waals surface area contributed by atoms with Crippen LogP contribution in [0.5, 0.6) is 11.5 Å². The van der Waals surface area contributed by atoms with Crippen LogP contribution in [0, 0.1) is 11.6 Å². The van der Waals surface area contributed by atoms with E-state index in [2.05, 4.69) is 10.2 Å². The Balaban J connectivity index is 1.31. The molecule has 0 spiro atoms. The van der Waals surface area contributed by atoms with Crippen molar-refractivity contribution in [3.8, 4) is 11.5 Å². The molecule has 0 atom stereocenters. The second-order valence-corrected chi connectivity index (χ2v) is 6.81. The van der Waals surface area contributed by atoms with Crippen LogP contribution in [-0.4, -0.2) is 36.7 Å². The number of ether oxygens (including phenoxy) is 2. The molecule has 0 saturated carbocycles. The second kappa shape index (κ2) is 7.52. The van der Waals surface area contributed by atoms with Crippen molar-refractivity contribution in [1.82, 2.24) is 10.2 Å². The van der Waals surface area contributed by atoms with Gasteiger partial charge >= 0.3 is 0 Å². The molecule has 4 rings (SSSR count). The lowest BCUT2D eigenvalue weighted by atomic mass is 10.0. The Bertz CT molecular complexity index is 851. The molecule has 27 heavy (non-hydrogen) atoms. The van der Waals surface area contributed by atoms with E-state index >= 15 is 0 Å². The Hall–Kier alpha value is -2.67. The van der Waals surface area contributed by atoms with E-state index in [1.807, 2.05) is 0 Å². The Kier molecular flexibility index (Phi) is 4.94. The van der Waals surface area contributed by atoms with Gasteiger partial charge in [-0.15, -0.1) is 0 Å². The number of halogens is 2. The minimum Gasteiger partial charge on any atom is -0.454 e. The largest absolute Gasteiger partial charge is 0.454 e. The van der Waals surface area contributed by atoms with Gasteiger partial charge < -0.3 is 14.8 Å². The van der Waals surface area contributed by atoms with E-state index in [-0.39, 0.29) is 18.7 Å². The summed E-state index contributed by atoms with van der Waals surface area (Å²) >= 11 is 0. The summed E-state index contributed by atoms with van der Waals surface area (Å²) in [5, 5.41) is 3.06. The number of para-hydroxylation sites is 1. The minimum absolute atomic E-state index is 0.0666. The molecule has 0 radical (unpaired) electrons. The third-order valence-corrected chi connectivity index (χ3v) is 4.95. The summed E-state index contributed by atoms with van der Waals surface area (Å²) in [6.07, 6.45) is 1.59. The Morgan fingerprint density at radius 2 is 1.93 bits per heavy atom. The highest BCUT2D eigenvalue weighted by atomic mass is 19.2. The van der Waals surface area contributed by atoms with E-state index in [4.69, 9.17) is 9.47 Å². The fourth-order valence-electron chi connectivity index (χ4n) is 3.50. The van der Waals surface area contributed by atoms with Gasteiger partial charge in [0.2, 0.25) is 6.79 Å². The standard InChI is InChI=1S/C20H20F2N2O3/c21-16-5-4-13(10-17(16)22)11-24-8-6-14(7-9-24)23-20(25)15-2-1-3-18-19(15)27-12-26-18/h1-5,10,14H,6-9,11-12H2,(H,23,25). The number of hydrogen-bond acceptors (Lipinski definition) is 4. The number of carbonyl (C=O) groups is 1. The molecule has 0 bridgehead atoms. The predicted molar refractivity (Wildman–Crippen MR) is 94.7 cm³/mol. The lowest BCUT2D eigenvalue weighted by Crippen LogP contribution is -2.44. The number of hydrogen-bond donors (Lipinski definition) is 1. The molecule has 142 valence electrons. The molecule has 1 saturated heterocycles. The van der Waals surface area contributed by atoms with Crippen molar-refractivity contribution in [3.05, 3.63) is 59.2 Å². The van der Waals surface area contributed by atoms with Crippen molar-refractivity contribution in [2.24, 2.45) is 0 Å². The van der Waals surface area contributed by atoms with Crippen LogP contribution in [0.3, 0.4) is 0 Å². The monoisotopic (exact) mass is 374 g/mol. The van der Waals surface area contributed by atoms with Crippen LogP contribution in [0.1, 0.15) is 28.8 Å². The lowest BCUT2D eigenvalue weighted by molar-refractivity contribution is 0.0904. The average molecular weight is 374 g/mol. The number of piperidine rings is 1. The van der Waals surface area contributed by atoms with Gasteiger partial charge in [0.15, 0.2) is 23.1 Å². The number of benzene rings is 2. The molecule has 7 heteroatoms. The molecule has 2 aliphatic heterocycles. The number of carbonyl (C=O) groups excluding carboxylic acids is 1. The first-order valence-corrected chi connectivity index (χ1v) is 8.96. The first-order valence-electron chi connectivity index (χ1n) is 8.96. The predicted octanol–water partition coefficient (Wildman–Crippen LogP) is 3.09. The van der Waals surface area contributed by atoms with Crippen molar-refractivity contribution >= 4 is 5.91 Å². The van der Waals surface area contributed by atoms with Crippen LogP contribution < -0.4 is 14.8 Å². The normalized spacial score (nSPS) is 17.1. The third-order valence-electron chi connectivity index (χ3n) is 4.95. The maximum atomic E-state index is 13.3. The average Bonchev–Trinajstić information content (AvgIpc) is 3.15. The van der Waals surface area contributed by atoms with Gasteiger partial charge in [-0.25, -0.2) is 8.78 Å². The van der Waals surface area contributed by atoms with Gasteiger partial charge in [0.05, 0.1) is 5.56 Å². The van der Waals surface area contributed by atoms with E-state index in [9.17, 15) is 13.6 Å². The van der Waals surface area contributed by atoms with Gasteiger partial charge in [-0.1, -0.05) is 12.1 Å². The number of amides is 1. The highest BCUT2D eigenvalue weighted by Gasteiger charge is 2.25. The van der Waals surface area contributed by atoms with Gasteiger partial charge in [-0.05, 0) is 42.7 Å². The Labute approximate surface area is 155 Å². The summed E-state index contributed by atoms with van der Waals surface area (Å²) < 4.78 is 37.1. The number of rotatable bonds is 4. The number of nitrogens with zero attached hydrogens (tertiary/aromatic N) is 1. The molecule has 0 aliphatic carbocycles. The first kappa shape index (κ1) is 17.7. The summed E-state index contributed by atoms with van der Waals surface area (Å²) in [5.41, 5.74) is 1.22. The van der Waals surface area contributed by atoms with Crippen LogP contribution >= 0.6 is 0 Å². The topological polar surface area (TPSA) is 50.8 Å². The molecule has 2 aliphatic rings. The maximum Gasteiger partial charge on any atom is 0.255 e. The minimum atomic E-state index is -0.832. The van der Waals surface area contributed by atoms with E-state index in [1.165, 1.54) is 6.07 Å². The summed E-state index contributed by atoms with van der Waals surface area (Å²) in [6, 6.07) is 9.33. The molecule has 5 nitrogen and oxygen atoms in total. The SMILES string of the molecule is O=C(NC1CCN(Cc2ccc(F)c(F)c2)CC1)c1cccc2c1OCO2. The van der Waals surface area contributed by atoms with Crippen molar-refractivity contribution in [2.75, 3.05) is 19.9 Å². The Morgan fingerprint density at radius 1 is 1.11 bits per heavy atom. The third kappa shape index (κ3) is 3.88. The molecule has 2 heterocycles. The van der Waals surface area contributed by atoms with Crippen LogP contribution in [-0.2, 0) is 6.54 Å². The highest BCUT2D eigenvalue weighted by molar-refractivity contribution is 5.98. The van der Waals surface area contributed by atoms with Gasteiger partial charge in [-0.2, -0.15) is 0 Å². The van der Waals surface area contributed by atoms with Crippen molar-refractivity contribution in [1.29, 1.82) is 0 Å². The molecule has 2 aromatic rings. The number of fused-ring (bicyclic) bond motifs is 1. The first-order chi connectivity index (χ1) is 13.1. The summed E-state index contributed by atoms with van der Waals surface area (Å²) in [4.78, 5) is 14.8. The quantitative estimate of drug-likeness (QED) is 0.894. The van der Waals surface area contributed by atoms with Gasteiger partial charge in [0.1, 0.15) is 0 Å². The van der Waals surface area contributed by atoms with Crippen LogP contribution in [0.25, 0.3) is 0 Å². The summed E-state index contributed by atoms with van der Waals surface area (Å²) in [6.45, 7) is 2.24. The van der Waals surface area contributed by atoms with E-state index in [0.717, 1.165) is 37.6 Å². The molecule has 2 aromatic carbocycles. The fourth-order valence-corrected chi connectivity index (χ4v) is 3.50. The lowest BCUT2D eigenvalue weighted by Gasteiger charge is -2.32. The smallest absolute Gasteiger partial charge is 0.255 e. The molecule has 1 N–H and O–H groups in total. The van der Waals surface area contributed by atoms with Gasteiger partial charge in [0, 0.05) is 25.7 Å². The van der Waals surface area contributed by atoms with Crippen molar-refractivity contribution < 1.29 is 23.0 Å². The fraction of sp³-hybridized carbons (Fsp3) is 0.350. The molecular formula is C20H20F2N2O3. The van der Waals surface area contributed by atoms with Crippen molar-refractivity contribution in [3.63, 3.8) is 0 Å². The number of likely N-dealkylation sites (tertiary alicyclic amines) is 1. The van der Waals surface area contributed by atoms with E-state index in [0.29, 0.717) is 23.6 Å². The highest BCUT2D eigenvalue weighted by Crippen LogP contribution is 2.35. The molecule has 0 unspecified atom stereocenters. The maximum absolute atomic E-state index is 13.3. The number of nitrogens with one attached hydrogen (secondary N) is 1. The summed E-state index contributed by atoms with van der Waals surface area (Å²) in [5.74, 6) is -0.746. The molecule has 1 fully saturated rings. The van der Waals surface area contributed by atoms with Crippen LogP contribution in [0.2, 0.25) is 0 Å². The van der Waals surface area contributed by atoms with Gasteiger partial charge in [0.25, 0.3) is 5.91 Å².